The van der Waals surface area contributed by atoms with Gasteiger partial charge in [0.15, 0.2) is 0 Å². The van der Waals surface area contributed by atoms with Crippen LogP contribution < -0.4 is 9.64 Å². The summed E-state index contributed by atoms with van der Waals surface area (Å²) in [7, 11) is -1.84. The van der Waals surface area contributed by atoms with Crippen molar-refractivity contribution in [3.05, 3.63) is 89.0 Å². The van der Waals surface area contributed by atoms with E-state index in [2.05, 4.69) is 70.7 Å². The smallest absolute Gasteiger partial charge is 0.243 e. The van der Waals surface area contributed by atoms with Gasteiger partial charge in [-0.1, -0.05) is 89.6 Å². The molecule has 0 radical (unpaired) electrons. The lowest BCUT2D eigenvalue weighted by molar-refractivity contribution is -0.194. The maximum Gasteiger partial charge on any atom is 0.243 e. The Morgan fingerprint density at radius 1 is 0.943 bits per heavy atom. The Morgan fingerprint density at radius 2 is 1.60 bits per heavy atom. The summed E-state index contributed by atoms with van der Waals surface area (Å²) in [5, 5.41) is 9.99. The van der Waals surface area contributed by atoms with E-state index in [0.29, 0.717) is 30.3 Å². The third kappa shape index (κ3) is 7.72. The molecular formula is C42H62N2O7SSi. The fraction of sp³-hybridized carbons (Fsp3) is 0.571. The molecule has 53 heavy (non-hydrogen) atoms. The van der Waals surface area contributed by atoms with Gasteiger partial charge < -0.3 is 28.6 Å². The van der Waals surface area contributed by atoms with Gasteiger partial charge in [-0.3, -0.25) is 0 Å². The molecule has 11 heteroatoms. The first-order chi connectivity index (χ1) is 25.3. The Kier molecular flexibility index (Phi) is 13.6. The lowest BCUT2D eigenvalue weighted by atomic mass is 9.45. The van der Waals surface area contributed by atoms with E-state index in [9.17, 15) is 5.11 Å². The second-order valence-corrected chi connectivity index (χ2v) is 18.3. The average Bonchev–Trinajstić information content (AvgIpc) is 3.13. The van der Waals surface area contributed by atoms with E-state index in [1.807, 2.05) is 37.3 Å². The number of ether oxygens (including phenoxy) is 3. The second kappa shape index (κ2) is 17.4. The van der Waals surface area contributed by atoms with E-state index in [4.69, 9.17) is 18.6 Å². The fourth-order valence-corrected chi connectivity index (χ4v) is 12.2. The maximum absolute atomic E-state index is 15.2. The lowest BCUT2D eigenvalue weighted by Crippen LogP contribution is -2.77. The van der Waals surface area contributed by atoms with Gasteiger partial charge >= 0.3 is 0 Å². The number of piperidine rings is 1. The van der Waals surface area contributed by atoms with Gasteiger partial charge in [0, 0.05) is 38.1 Å². The summed E-state index contributed by atoms with van der Waals surface area (Å²) in [5.41, 5.74) is 3.37. The van der Waals surface area contributed by atoms with E-state index in [1.54, 1.807) is 23.5 Å². The molecule has 2 heterocycles. The van der Waals surface area contributed by atoms with Crippen LogP contribution in [0.25, 0.3) is 0 Å². The number of aryl methyl sites for hydroxylation is 1. The van der Waals surface area contributed by atoms with Crippen molar-refractivity contribution in [2.75, 3.05) is 51.5 Å². The second-order valence-electron chi connectivity index (χ2n) is 15.8. The first-order valence-corrected chi connectivity index (χ1v) is 21.4. The summed E-state index contributed by atoms with van der Waals surface area (Å²) in [6.45, 7) is 18.9. The molecular weight excluding hydrogens is 705 g/mol. The third-order valence-corrected chi connectivity index (χ3v) is 14.2. The van der Waals surface area contributed by atoms with E-state index < -0.39 is 27.1 Å². The molecule has 0 aliphatic carbocycles. The highest BCUT2D eigenvalue weighted by Gasteiger charge is 2.69. The molecule has 2 aliphatic rings. The molecule has 0 amide bonds. The van der Waals surface area contributed by atoms with Crippen LogP contribution in [0.4, 0.5) is 5.69 Å². The molecule has 1 saturated heterocycles. The van der Waals surface area contributed by atoms with Crippen molar-refractivity contribution in [3.63, 3.8) is 0 Å². The zero-order valence-electron chi connectivity index (χ0n) is 33.3. The molecule has 9 nitrogen and oxygen atoms in total. The highest BCUT2D eigenvalue weighted by atomic mass is 32.2. The zero-order valence-corrected chi connectivity index (χ0v) is 36.1. The largest absolute Gasteiger partial charge is 0.490 e. The van der Waals surface area contributed by atoms with E-state index in [1.165, 1.54) is 0 Å². The van der Waals surface area contributed by atoms with Crippen LogP contribution in [-0.4, -0.2) is 86.5 Å². The zero-order chi connectivity index (χ0) is 38.6. The molecule has 2 aliphatic heterocycles. The number of aliphatic hydroxyl groups excluding tert-OH is 1. The molecule has 3 atom stereocenters. The van der Waals surface area contributed by atoms with Crippen LogP contribution in [0.1, 0.15) is 76.1 Å². The number of methoxy groups -OCH3 is 1. The van der Waals surface area contributed by atoms with Crippen molar-refractivity contribution in [1.82, 2.24) is 4.31 Å². The molecule has 0 unspecified atom stereocenters. The minimum atomic E-state index is -4.03. The summed E-state index contributed by atoms with van der Waals surface area (Å²) in [5.74, 6) is 0.591. The van der Waals surface area contributed by atoms with Gasteiger partial charge in [0.2, 0.25) is 10.0 Å². The lowest BCUT2D eigenvalue weighted by Gasteiger charge is -2.68. The molecule has 0 aromatic heterocycles. The summed E-state index contributed by atoms with van der Waals surface area (Å²) in [4.78, 5) is 2.62. The Hall–Kier alpha value is -2.77. The number of hydrogen-bond donors (Lipinski definition) is 1. The summed E-state index contributed by atoms with van der Waals surface area (Å²) in [6, 6.07) is 21.6. The van der Waals surface area contributed by atoms with Crippen LogP contribution in [0.5, 0.6) is 5.75 Å². The van der Waals surface area contributed by atoms with Gasteiger partial charge in [-0.15, -0.1) is 0 Å². The standard InChI is InChI=1S/C42H62N2O7SSi/c1-29(2)41(28-51-53)42(30(3)4,31(5)6)40(35-15-12-33(26-45)13-16-35)39(25-44(41)52(46,47)36-17-10-32(7)11-18-36)50-27-34-14-19-38-37(24-34)43(21-23-49-38)20-9-22-48-8/h10-19,24,29-31,39-40,45H,9,20-23,25-28H2,1-8,53H3/t39-,40-,41-/m0/s1. The Morgan fingerprint density at radius 3 is 2.19 bits per heavy atom. The normalized spacial score (nSPS) is 22.1. The van der Waals surface area contributed by atoms with Crippen molar-refractivity contribution in [1.29, 1.82) is 0 Å². The van der Waals surface area contributed by atoms with E-state index in [-0.39, 0.29) is 48.3 Å². The Labute approximate surface area is 321 Å². The van der Waals surface area contributed by atoms with Gasteiger partial charge in [0.1, 0.15) is 22.8 Å². The van der Waals surface area contributed by atoms with Gasteiger partial charge in [0.05, 0.1) is 48.6 Å². The fourth-order valence-electron chi connectivity index (χ4n) is 9.84. The summed E-state index contributed by atoms with van der Waals surface area (Å²) in [6.07, 6.45) is 0.403. The average molecular weight is 767 g/mol. The maximum atomic E-state index is 15.2. The van der Waals surface area contributed by atoms with Crippen LogP contribution in [-0.2, 0) is 37.1 Å². The summed E-state index contributed by atoms with van der Waals surface area (Å²) >= 11 is 0. The molecule has 0 bridgehead atoms. The number of fused-ring (bicyclic) bond motifs is 1. The molecule has 3 aromatic rings. The highest BCUT2D eigenvalue weighted by molar-refractivity contribution is 7.89. The third-order valence-electron chi connectivity index (χ3n) is 12.0. The summed E-state index contributed by atoms with van der Waals surface area (Å²) < 4.78 is 57.1. The Bertz CT molecular complexity index is 1740. The Balaban J connectivity index is 1.70. The molecule has 0 saturated carbocycles. The quantitative estimate of drug-likeness (QED) is 0.138. The van der Waals surface area contributed by atoms with Crippen LogP contribution in [0.3, 0.4) is 0 Å². The molecule has 292 valence electrons. The molecule has 0 spiro atoms. The van der Waals surface area contributed by atoms with E-state index >= 15 is 8.42 Å². The van der Waals surface area contributed by atoms with Crippen LogP contribution in [0.2, 0.25) is 0 Å². The highest BCUT2D eigenvalue weighted by Crippen LogP contribution is 2.64. The molecule has 1 N–H and O–H groups in total. The van der Waals surface area contributed by atoms with Crippen LogP contribution in [0, 0.1) is 30.1 Å². The molecule has 3 aromatic carbocycles. The van der Waals surface area contributed by atoms with Gasteiger partial charge in [0.25, 0.3) is 0 Å². The van der Waals surface area contributed by atoms with Crippen LogP contribution >= 0.6 is 0 Å². The minimum Gasteiger partial charge on any atom is -0.490 e. The number of anilines is 1. The number of benzene rings is 3. The van der Waals surface area contributed by atoms with Gasteiger partial charge in [-0.05, 0) is 72.1 Å². The first-order valence-electron chi connectivity index (χ1n) is 19.2. The topological polar surface area (TPSA) is 97.8 Å². The predicted octanol–water partition coefficient (Wildman–Crippen LogP) is 6.09. The first kappa shape index (κ1) is 41.4. The predicted molar refractivity (Wildman–Crippen MR) is 215 cm³/mol. The van der Waals surface area contributed by atoms with Gasteiger partial charge in [-0.25, -0.2) is 8.42 Å². The number of aliphatic hydroxyl groups is 1. The van der Waals surface area contributed by atoms with Crippen molar-refractivity contribution < 1.29 is 32.2 Å². The molecule has 5 rings (SSSR count). The van der Waals surface area contributed by atoms with Crippen LogP contribution in [0.15, 0.2) is 71.6 Å². The molecule has 1 fully saturated rings. The van der Waals surface area contributed by atoms with Gasteiger partial charge in [-0.2, -0.15) is 4.31 Å². The monoisotopic (exact) mass is 766 g/mol. The van der Waals surface area contributed by atoms with Crippen molar-refractivity contribution in [3.8, 4) is 5.75 Å². The SMILES string of the molecule is COCCCN1CCOc2ccc(CO[C@H]3CN(S(=O)(=O)c4ccc(C)cc4)[C@@](CO[SiH3])(C(C)C)C(C(C)C)(C(C)C)[C@H]3c3ccc(CO)cc3)cc21. The van der Waals surface area contributed by atoms with E-state index in [0.717, 1.165) is 53.2 Å². The van der Waals surface area contributed by atoms with Crippen molar-refractivity contribution >= 4 is 26.2 Å². The van der Waals surface area contributed by atoms with Crippen molar-refractivity contribution in [2.24, 2.45) is 23.2 Å². The minimum absolute atomic E-state index is 0.0212. The number of hydrogen-bond acceptors (Lipinski definition) is 8. The number of rotatable bonds is 16. The number of sulfonamides is 1. The van der Waals surface area contributed by atoms with Crippen molar-refractivity contribution in [2.45, 2.75) is 90.6 Å². The number of nitrogens with zero attached hydrogens (tertiary/aromatic N) is 2.